The van der Waals surface area contributed by atoms with Gasteiger partial charge in [0, 0.05) is 19.2 Å². The van der Waals surface area contributed by atoms with Crippen LogP contribution in [-0.2, 0) is 14.3 Å². The van der Waals surface area contributed by atoms with E-state index >= 15 is 0 Å². The van der Waals surface area contributed by atoms with Crippen LogP contribution in [0.3, 0.4) is 0 Å². The van der Waals surface area contributed by atoms with Gasteiger partial charge in [0.2, 0.25) is 0 Å². The van der Waals surface area contributed by atoms with Crippen molar-refractivity contribution >= 4 is 23.5 Å². The number of hydrazine groups is 1. The van der Waals surface area contributed by atoms with Crippen LogP contribution in [-0.4, -0.2) is 43.2 Å². The highest BCUT2D eigenvalue weighted by Crippen LogP contribution is 2.20. The summed E-state index contributed by atoms with van der Waals surface area (Å²) in [5.74, 6) is -1.02. The minimum absolute atomic E-state index is 0.00345. The molecule has 2 rings (SSSR count). The Morgan fingerprint density at radius 2 is 2.08 bits per heavy atom. The summed E-state index contributed by atoms with van der Waals surface area (Å²) in [6.07, 6.45) is 1.25. The molecule has 0 saturated carbocycles. The van der Waals surface area contributed by atoms with E-state index in [2.05, 4.69) is 5.43 Å². The molecule has 1 saturated heterocycles. The maximum Gasteiger partial charge on any atom is 0.309 e. The molecular formula is C16H20ClFN2O4. The Labute approximate surface area is 144 Å². The Bertz CT molecular complexity index is 591. The largest absolute Gasteiger partial charge is 0.484 e. The highest BCUT2D eigenvalue weighted by molar-refractivity contribution is 6.30. The molecule has 1 aliphatic rings. The molecule has 1 heterocycles. The van der Waals surface area contributed by atoms with E-state index in [-0.39, 0.29) is 35.2 Å². The summed E-state index contributed by atoms with van der Waals surface area (Å²) in [5, 5.41) is 1.74. The van der Waals surface area contributed by atoms with Crippen molar-refractivity contribution < 1.29 is 23.5 Å². The Hall–Kier alpha value is -1.86. The molecule has 8 heteroatoms. The Morgan fingerprint density at radius 3 is 2.71 bits per heavy atom. The van der Waals surface area contributed by atoms with Crippen LogP contribution in [0, 0.1) is 11.7 Å². The number of nitrogens with one attached hydrogen (secondary N) is 1. The number of hydrogen-bond acceptors (Lipinski definition) is 5. The minimum Gasteiger partial charge on any atom is -0.484 e. The molecule has 1 amide bonds. The first-order chi connectivity index (χ1) is 11.5. The van der Waals surface area contributed by atoms with Gasteiger partial charge in [-0.05, 0) is 31.9 Å². The number of piperidine rings is 1. The molecule has 0 radical (unpaired) electrons. The van der Waals surface area contributed by atoms with Crippen molar-refractivity contribution in [3.8, 4) is 5.75 Å². The van der Waals surface area contributed by atoms with Gasteiger partial charge >= 0.3 is 5.97 Å². The van der Waals surface area contributed by atoms with E-state index in [9.17, 15) is 14.0 Å². The first-order valence-electron chi connectivity index (χ1n) is 7.78. The number of benzene rings is 1. The Balaban J connectivity index is 1.71. The smallest absolute Gasteiger partial charge is 0.309 e. The lowest BCUT2D eigenvalue weighted by Crippen LogP contribution is -2.49. The van der Waals surface area contributed by atoms with Gasteiger partial charge in [0.15, 0.2) is 6.61 Å². The summed E-state index contributed by atoms with van der Waals surface area (Å²) in [6, 6.07) is 3.98. The fourth-order valence-electron chi connectivity index (χ4n) is 2.41. The normalized spacial score (nSPS) is 15.8. The van der Waals surface area contributed by atoms with E-state index in [4.69, 9.17) is 21.1 Å². The molecule has 0 unspecified atom stereocenters. The zero-order chi connectivity index (χ0) is 17.5. The quantitative estimate of drug-likeness (QED) is 0.789. The molecule has 1 aromatic carbocycles. The molecule has 1 aliphatic heterocycles. The number of carbonyl (C=O) groups excluding carboxylic acids is 2. The third-order valence-electron chi connectivity index (χ3n) is 3.66. The number of ether oxygens (including phenoxy) is 2. The standard InChI is InChI=1S/C16H20ClFN2O4/c1-2-23-16(22)11-5-7-20(8-6-11)19-15(21)10-24-12-3-4-13(17)14(18)9-12/h3-4,9,11H,2,5-8,10H2,1H3,(H,19,21). The zero-order valence-corrected chi connectivity index (χ0v) is 14.1. The predicted molar refractivity (Wildman–Crippen MR) is 86.0 cm³/mol. The second-order valence-electron chi connectivity index (χ2n) is 5.41. The number of carbonyl (C=O) groups is 2. The molecule has 24 heavy (non-hydrogen) atoms. The second kappa shape index (κ2) is 8.84. The van der Waals surface area contributed by atoms with E-state index in [0.29, 0.717) is 32.5 Å². The SMILES string of the molecule is CCOC(=O)C1CCN(NC(=O)COc2ccc(Cl)c(F)c2)CC1. The van der Waals surface area contributed by atoms with Gasteiger partial charge in [0.05, 0.1) is 17.5 Å². The van der Waals surface area contributed by atoms with Gasteiger partial charge < -0.3 is 9.47 Å². The maximum atomic E-state index is 13.3. The van der Waals surface area contributed by atoms with Gasteiger partial charge in [-0.2, -0.15) is 0 Å². The fraction of sp³-hybridized carbons (Fsp3) is 0.500. The monoisotopic (exact) mass is 358 g/mol. The predicted octanol–water partition coefficient (Wildman–Crippen LogP) is 2.16. The van der Waals surface area contributed by atoms with Crippen molar-refractivity contribution in [1.29, 1.82) is 0 Å². The molecule has 1 fully saturated rings. The lowest BCUT2D eigenvalue weighted by Gasteiger charge is -2.30. The van der Waals surface area contributed by atoms with Gasteiger partial charge in [0.25, 0.3) is 5.91 Å². The summed E-state index contributed by atoms with van der Waals surface area (Å²) >= 11 is 5.58. The van der Waals surface area contributed by atoms with Gasteiger partial charge in [-0.25, -0.2) is 9.40 Å². The number of halogens is 2. The van der Waals surface area contributed by atoms with E-state index in [1.54, 1.807) is 11.9 Å². The average Bonchev–Trinajstić information content (AvgIpc) is 2.57. The third kappa shape index (κ3) is 5.35. The molecule has 6 nitrogen and oxygen atoms in total. The maximum absolute atomic E-state index is 13.3. The fourth-order valence-corrected chi connectivity index (χ4v) is 2.53. The lowest BCUT2D eigenvalue weighted by atomic mass is 9.98. The van der Waals surface area contributed by atoms with Crippen LogP contribution in [0.25, 0.3) is 0 Å². The van der Waals surface area contributed by atoms with E-state index < -0.39 is 5.82 Å². The molecule has 132 valence electrons. The van der Waals surface area contributed by atoms with Crippen molar-refractivity contribution in [3.63, 3.8) is 0 Å². The summed E-state index contributed by atoms with van der Waals surface area (Å²) in [6.45, 7) is 3.03. The van der Waals surface area contributed by atoms with Gasteiger partial charge in [-0.1, -0.05) is 11.6 Å². The molecule has 0 bridgehead atoms. The van der Waals surface area contributed by atoms with Crippen molar-refractivity contribution in [2.75, 3.05) is 26.3 Å². The first-order valence-corrected chi connectivity index (χ1v) is 8.16. The molecule has 0 spiro atoms. The number of nitrogens with zero attached hydrogens (tertiary/aromatic N) is 1. The summed E-state index contributed by atoms with van der Waals surface area (Å²) in [7, 11) is 0. The van der Waals surface area contributed by atoms with Crippen LogP contribution in [0.15, 0.2) is 18.2 Å². The van der Waals surface area contributed by atoms with E-state index in [1.807, 2.05) is 0 Å². The van der Waals surface area contributed by atoms with Crippen LogP contribution in [0.5, 0.6) is 5.75 Å². The Morgan fingerprint density at radius 1 is 1.38 bits per heavy atom. The second-order valence-corrected chi connectivity index (χ2v) is 5.82. The molecular weight excluding hydrogens is 339 g/mol. The Kier molecular flexibility index (Phi) is 6.81. The minimum atomic E-state index is -0.601. The van der Waals surface area contributed by atoms with E-state index in [0.717, 1.165) is 6.07 Å². The van der Waals surface area contributed by atoms with Crippen LogP contribution in [0.1, 0.15) is 19.8 Å². The summed E-state index contributed by atoms with van der Waals surface area (Å²) in [4.78, 5) is 23.5. The summed E-state index contributed by atoms with van der Waals surface area (Å²) < 4.78 is 23.5. The van der Waals surface area contributed by atoms with Crippen LogP contribution < -0.4 is 10.2 Å². The first kappa shape index (κ1) is 18.5. The molecule has 0 aromatic heterocycles. The average molecular weight is 359 g/mol. The van der Waals surface area contributed by atoms with Crippen molar-refractivity contribution in [3.05, 3.63) is 29.0 Å². The van der Waals surface area contributed by atoms with Gasteiger partial charge in [-0.3, -0.25) is 15.0 Å². The van der Waals surface area contributed by atoms with Crippen molar-refractivity contribution in [1.82, 2.24) is 10.4 Å². The molecule has 1 N–H and O–H groups in total. The van der Waals surface area contributed by atoms with Crippen LogP contribution in [0.4, 0.5) is 4.39 Å². The van der Waals surface area contributed by atoms with Crippen LogP contribution in [0.2, 0.25) is 5.02 Å². The number of amides is 1. The molecule has 1 aromatic rings. The summed E-state index contributed by atoms with van der Waals surface area (Å²) in [5.41, 5.74) is 2.70. The topological polar surface area (TPSA) is 67.9 Å². The number of esters is 1. The zero-order valence-electron chi connectivity index (χ0n) is 13.4. The lowest BCUT2D eigenvalue weighted by molar-refractivity contribution is -0.150. The van der Waals surface area contributed by atoms with Gasteiger partial charge in [0.1, 0.15) is 11.6 Å². The molecule has 0 aliphatic carbocycles. The highest BCUT2D eigenvalue weighted by Gasteiger charge is 2.26. The van der Waals surface area contributed by atoms with Crippen LogP contribution >= 0.6 is 11.6 Å². The highest BCUT2D eigenvalue weighted by atomic mass is 35.5. The van der Waals surface area contributed by atoms with E-state index in [1.165, 1.54) is 12.1 Å². The molecule has 0 atom stereocenters. The van der Waals surface area contributed by atoms with Crippen molar-refractivity contribution in [2.24, 2.45) is 5.92 Å². The third-order valence-corrected chi connectivity index (χ3v) is 3.97. The van der Waals surface area contributed by atoms with Crippen molar-refractivity contribution in [2.45, 2.75) is 19.8 Å². The number of rotatable bonds is 6. The number of hydrogen-bond donors (Lipinski definition) is 1. The van der Waals surface area contributed by atoms with Gasteiger partial charge in [-0.15, -0.1) is 0 Å².